The number of aliphatic imine (C=N–C) groups is 1. The quantitative estimate of drug-likeness (QED) is 0.542. The largest absolute Gasteiger partial charge is 0.493 e. The van der Waals surface area contributed by atoms with Crippen molar-refractivity contribution in [1.82, 2.24) is 9.55 Å². The van der Waals surface area contributed by atoms with E-state index in [0.717, 1.165) is 4.57 Å². The van der Waals surface area contributed by atoms with E-state index in [0.29, 0.717) is 22.1 Å². The van der Waals surface area contributed by atoms with Crippen LogP contribution in [-0.2, 0) is 4.79 Å². The summed E-state index contributed by atoms with van der Waals surface area (Å²) in [6.07, 6.45) is 0.282. The lowest BCUT2D eigenvalue weighted by atomic mass is 10.1. The predicted molar refractivity (Wildman–Crippen MR) is 117 cm³/mol. The molecule has 154 valence electrons. The van der Waals surface area contributed by atoms with Crippen LogP contribution in [0.25, 0.3) is 5.69 Å². The number of aromatic hydroxyl groups is 1. The van der Waals surface area contributed by atoms with Crippen LogP contribution in [0.4, 0.5) is 11.4 Å². The number of hydrogen-bond acceptors (Lipinski definition) is 5. The van der Waals surface area contributed by atoms with Gasteiger partial charge >= 0.3 is 5.69 Å². The summed E-state index contributed by atoms with van der Waals surface area (Å²) >= 11 is 5.89. The summed E-state index contributed by atoms with van der Waals surface area (Å²) in [6, 6.07) is 13.0. The molecule has 2 aromatic carbocycles. The zero-order valence-corrected chi connectivity index (χ0v) is 17.0. The van der Waals surface area contributed by atoms with Gasteiger partial charge in [-0.25, -0.2) is 9.36 Å². The van der Waals surface area contributed by atoms with Crippen molar-refractivity contribution >= 4 is 34.6 Å². The molecule has 1 aromatic heterocycles. The molecular formula is C21H19ClN4O4. The summed E-state index contributed by atoms with van der Waals surface area (Å²) in [7, 11) is 0. The minimum absolute atomic E-state index is 0.135. The molecule has 9 heteroatoms. The minimum Gasteiger partial charge on any atom is -0.493 e. The van der Waals surface area contributed by atoms with Gasteiger partial charge in [-0.05, 0) is 42.8 Å². The number of aromatic nitrogens is 2. The molecule has 8 nitrogen and oxygen atoms in total. The van der Waals surface area contributed by atoms with Gasteiger partial charge in [0.1, 0.15) is 5.56 Å². The van der Waals surface area contributed by atoms with Crippen LogP contribution in [0.3, 0.4) is 0 Å². The fourth-order valence-corrected chi connectivity index (χ4v) is 3.06. The zero-order chi connectivity index (χ0) is 21.8. The maximum absolute atomic E-state index is 12.6. The Balaban J connectivity index is 2.21. The van der Waals surface area contributed by atoms with E-state index >= 15 is 0 Å². The number of halogens is 1. The number of H-pyrrole nitrogens is 1. The summed E-state index contributed by atoms with van der Waals surface area (Å²) in [6.45, 7) is 3.14. The number of para-hydroxylation sites is 2. The molecule has 3 aromatic rings. The molecule has 0 aliphatic rings. The van der Waals surface area contributed by atoms with E-state index in [2.05, 4.69) is 15.3 Å². The van der Waals surface area contributed by atoms with Crippen molar-refractivity contribution in [3.05, 3.63) is 80.0 Å². The van der Waals surface area contributed by atoms with Gasteiger partial charge in [-0.3, -0.25) is 19.6 Å². The number of amides is 1. The topological polar surface area (TPSA) is 117 Å². The van der Waals surface area contributed by atoms with Crippen LogP contribution in [0, 0.1) is 0 Å². The molecule has 0 spiro atoms. The van der Waals surface area contributed by atoms with E-state index in [1.54, 1.807) is 55.5 Å². The average Bonchev–Trinajstić information content (AvgIpc) is 2.69. The molecule has 0 saturated carbocycles. The number of benzene rings is 2. The molecule has 0 aliphatic carbocycles. The van der Waals surface area contributed by atoms with Gasteiger partial charge < -0.3 is 10.4 Å². The lowest BCUT2D eigenvalue weighted by molar-refractivity contribution is -0.114. The Bertz CT molecular complexity index is 1240. The van der Waals surface area contributed by atoms with Crippen LogP contribution < -0.4 is 16.6 Å². The number of carbonyl (C=O) groups is 1. The predicted octanol–water partition coefficient (Wildman–Crippen LogP) is 3.37. The van der Waals surface area contributed by atoms with Crippen LogP contribution in [0.5, 0.6) is 5.88 Å². The average molecular weight is 427 g/mol. The Morgan fingerprint density at radius 2 is 1.83 bits per heavy atom. The van der Waals surface area contributed by atoms with Crippen molar-refractivity contribution in [3.63, 3.8) is 0 Å². The Morgan fingerprint density at radius 1 is 1.17 bits per heavy atom. The highest BCUT2D eigenvalue weighted by Gasteiger charge is 2.20. The van der Waals surface area contributed by atoms with Gasteiger partial charge in [0.2, 0.25) is 11.8 Å². The van der Waals surface area contributed by atoms with Crippen molar-refractivity contribution in [1.29, 1.82) is 0 Å². The van der Waals surface area contributed by atoms with Gasteiger partial charge in [-0.15, -0.1) is 0 Å². The lowest BCUT2D eigenvalue weighted by Crippen LogP contribution is -2.33. The van der Waals surface area contributed by atoms with E-state index in [1.807, 2.05) is 0 Å². The number of carbonyl (C=O) groups excluding carboxylic acids is 1. The third-order valence-electron chi connectivity index (χ3n) is 4.26. The van der Waals surface area contributed by atoms with E-state index in [1.165, 1.54) is 6.92 Å². The highest BCUT2D eigenvalue weighted by Crippen LogP contribution is 2.27. The third kappa shape index (κ3) is 4.33. The third-order valence-corrected chi connectivity index (χ3v) is 4.52. The normalized spacial score (nSPS) is 11.4. The summed E-state index contributed by atoms with van der Waals surface area (Å²) in [5.74, 6) is -0.809. The molecule has 0 atom stereocenters. The SMILES string of the molecule is CCC(=Nc1ccccc1NC(C)=O)c1c(O)n(-c2ccc(Cl)cc2)c(=O)[nH]c1=O. The Hall–Kier alpha value is -3.65. The summed E-state index contributed by atoms with van der Waals surface area (Å²) in [4.78, 5) is 43.1. The molecule has 0 bridgehead atoms. The van der Waals surface area contributed by atoms with Gasteiger partial charge in [0.05, 0.1) is 22.8 Å². The number of rotatable bonds is 5. The van der Waals surface area contributed by atoms with E-state index in [-0.39, 0.29) is 23.6 Å². The van der Waals surface area contributed by atoms with Crippen molar-refractivity contribution in [2.24, 2.45) is 4.99 Å². The van der Waals surface area contributed by atoms with Crippen molar-refractivity contribution in [2.45, 2.75) is 20.3 Å². The van der Waals surface area contributed by atoms with Crippen LogP contribution in [0.15, 0.2) is 63.1 Å². The molecule has 3 rings (SSSR count). The second kappa shape index (κ2) is 8.79. The van der Waals surface area contributed by atoms with Gasteiger partial charge in [-0.2, -0.15) is 0 Å². The zero-order valence-electron chi connectivity index (χ0n) is 16.3. The van der Waals surface area contributed by atoms with E-state index in [4.69, 9.17) is 11.6 Å². The smallest absolute Gasteiger partial charge is 0.335 e. The first-order valence-electron chi connectivity index (χ1n) is 9.10. The van der Waals surface area contributed by atoms with Gasteiger partial charge in [-0.1, -0.05) is 30.7 Å². The monoisotopic (exact) mass is 426 g/mol. The Morgan fingerprint density at radius 3 is 2.47 bits per heavy atom. The van der Waals surface area contributed by atoms with E-state index < -0.39 is 17.1 Å². The van der Waals surface area contributed by atoms with E-state index in [9.17, 15) is 19.5 Å². The molecule has 1 heterocycles. The molecule has 0 fully saturated rings. The maximum atomic E-state index is 12.6. The highest BCUT2D eigenvalue weighted by atomic mass is 35.5. The molecule has 0 unspecified atom stereocenters. The van der Waals surface area contributed by atoms with Gasteiger partial charge in [0, 0.05) is 11.9 Å². The molecular weight excluding hydrogens is 408 g/mol. The van der Waals surface area contributed by atoms with Gasteiger partial charge in [0.15, 0.2) is 0 Å². The number of aromatic amines is 1. The van der Waals surface area contributed by atoms with Crippen LogP contribution in [0.1, 0.15) is 25.8 Å². The molecule has 30 heavy (non-hydrogen) atoms. The van der Waals surface area contributed by atoms with Crippen LogP contribution >= 0.6 is 11.6 Å². The van der Waals surface area contributed by atoms with Crippen molar-refractivity contribution in [3.8, 4) is 11.6 Å². The maximum Gasteiger partial charge on any atom is 0.335 e. The number of nitrogens with one attached hydrogen (secondary N) is 2. The van der Waals surface area contributed by atoms with Crippen LogP contribution in [-0.4, -0.2) is 26.3 Å². The molecule has 0 radical (unpaired) electrons. The summed E-state index contributed by atoms with van der Waals surface area (Å²) < 4.78 is 0.970. The Kier molecular flexibility index (Phi) is 6.17. The van der Waals surface area contributed by atoms with Crippen molar-refractivity contribution < 1.29 is 9.90 Å². The number of nitrogens with zero attached hydrogens (tertiary/aromatic N) is 2. The minimum atomic E-state index is -0.794. The number of hydrogen-bond donors (Lipinski definition) is 3. The fraction of sp³-hybridized carbons (Fsp3) is 0.143. The Labute approximate surface area is 176 Å². The fourth-order valence-electron chi connectivity index (χ4n) is 2.94. The standard InChI is InChI=1S/C21H19ClN4O4/c1-3-15(24-17-7-5-4-6-16(17)23-12(2)27)18-19(28)25-21(30)26(20(18)29)14-10-8-13(22)9-11-14/h4-11,29H,3H2,1-2H3,(H,23,27)(H,25,28,30). The van der Waals surface area contributed by atoms with Gasteiger partial charge in [0.25, 0.3) is 5.56 Å². The first-order chi connectivity index (χ1) is 14.3. The lowest BCUT2D eigenvalue weighted by Gasteiger charge is -2.13. The second-order valence-corrected chi connectivity index (χ2v) is 6.82. The second-order valence-electron chi connectivity index (χ2n) is 6.38. The molecule has 3 N–H and O–H groups in total. The number of anilines is 1. The van der Waals surface area contributed by atoms with Crippen LogP contribution in [0.2, 0.25) is 5.02 Å². The molecule has 1 amide bonds. The molecule has 0 aliphatic heterocycles. The van der Waals surface area contributed by atoms with Crippen molar-refractivity contribution in [2.75, 3.05) is 5.32 Å². The highest BCUT2D eigenvalue weighted by molar-refractivity contribution is 6.30. The summed E-state index contributed by atoms with van der Waals surface area (Å²) in [5, 5.41) is 14.0. The first-order valence-corrected chi connectivity index (χ1v) is 9.48. The first kappa shape index (κ1) is 21.1. The summed E-state index contributed by atoms with van der Waals surface area (Å²) in [5.41, 5.74) is -0.254. The molecule has 0 saturated heterocycles.